The van der Waals surface area contributed by atoms with Crippen molar-refractivity contribution in [1.29, 1.82) is 0 Å². The third-order valence-electron chi connectivity index (χ3n) is 16.6. The van der Waals surface area contributed by atoms with E-state index in [9.17, 15) is 0 Å². The van der Waals surface area contributed by atoms with Crippen molar-refractivity contribution in [3.05, 3.63) is 285 Å². The van der Waals surface area contributed by atoms with Gasteiger partial charge in [0.1, 0.15) is 0 Å². The fourth-order valence-corrected chi connectivity index (χ4v) is 13.0. The molecule has 0 N–H and O–H groups in total. The molecule has 0 atom stereocenters. The van der Waals surface area contributed by atoms with Gasteiger partial charge < -0.3 is 18.3 Å². The smallest absolute Gasteiger partial charge is 0.164 e. The normalized spacial score (nSPS) is 11.9. The Kier molecular flexibility index (Phi) is 10.2. The molecule has 0 aliphatic rings. The fourth-order valence-electron chi connectivity index (χ4n) is 13.0. The third-order valence-corrected chi connectivity index (χ3v) is 16.6. The molecule has 0 amide bonds. The maximum Gasteiger partial charge on any atom is 0.164 e. The maximum absolute atomic E-state index is 5.28. The molecule has 5 heterocycles. The number of rotatable bonds is 8. The predicted octanol–water partition coefficient (Wildman–Crippen LogP) is 18.9. The van der Waals surface area contributed by atoms with Crippen molar-refractivity contribution in [2.75, 3.05) is 0 Å². The van der Waals surface area contributed by atoms with Crippen LogP contribution in [0.4, 0.5) is 0 Å². The maximum atomic E-state index is 5.28. The molecule has 0 bridgehead atoms. The first-order valence-electron chi connectivity index (χ1n) is 27.9. The SMILES string of the molecule is c1ccc(-c2nc(-c3ccccc3)nc(-c3ccc(-c4ccccc4-n4c5ccccc5c5cc(-n6c7ccccc7c7ccccc76)ccc54)c(-n4c5ccccc5c5cc(-n6c7ccccc7c7ccccc76)ccc54)c3)n2)cc1. The lowest BCUT2D eigenvalue weighted by molar-refractivity contribution is 1.07. The summed E-state index contributed by atoms with van der Waals surface area (Å²) in [6.07, 6.45) is 0. The molecule has 382 valence electrons. The second-order valence-electron chi connectivity index (χ2n) is 21.1. The second-order valence-corrected chi connectivity index (χ2v) is 21.1. The predicted molar refractivity (Wildman–Crippen MR) is 339 cm³/mol. The van der Waals surface area contributed by atoms with E-state index in [1.807, 2.05) is 36.4 Å². The molecule has 12 aromatic carbocycles. The lowest BCUT2D eigenvalue weighted by Gasteiger charge is -2.20. The van der Waals surface area contributed by atoms with Crippen molar-refractivity contribution in [3.63, 3.8) is 0 Å². The molecule has 0 saturated heterocycles. The number of benzene rings is 12. The van der Waals surface area contributed by atoms with Gasteiger partial charge in [0.05, 0.1) is 55.5 Å². The molecule has 0 aliphatic carbocycles. The van der Waals surface area contributed by atoms with E-state index in [-0.39, 0.29) is 0 Å². The molecule has 82 heavy (non-hydrogen) atoms. The van der Waals surface area contributed by atoms with E-state index in [2.05, 4.69) is 267 Å². The van der Waals surface area contributed by atoms with Crippen molar-refractivity contribution in [2.24, 2.45) is 0 Å². The summed E-state index contributed by atoms with van der Waals surface area (Å²) in [6, 6.07) is 103. The second kappa shape index (κ2) is 18.2. The first-order valence-corrected chi connectivity index (χ1v) is 27.9. The Morgan fingerprint density at radius 1 is 0.195 bits per heavy atom. The van der Waals surface area contributed by atoms with Crippen molar-refractivity contribution < 1.29 is 0 Å². The number of para-hydroxylation sites is 7. The summed E-state index contributed by atoms with van der Waals surface area (Å²) in [7, 11) is 0. The third kappa shape index (κ3) is 7.00. The van der Waals surface area contributed by atoms with E-state index in [1.165, 1.54) is 54.4 Å². The zero-order valence-electron chi connectivity index (χ0n) is 44.3. The molecule has 0 saturated carbocycles. The van der Waals surface area contributed by atoms with Crippen molar-refractivity contribution in [2.45, 2.75) is 0 Å². The Labute approximate surface area is 471 Å². The number of fused-ring (bicyclic) bond motifs is 12. The Hall–Kier alpha value is -11.2. The lowest BCUT2D eigenvalue weighted by Crippen LogP contribution is -2.04. The number of nitrogens with zero attached hydrogens (tertiary/aromatic N) is 7. The van der Waals surface area contributed by atoms with Gasteiger partial charge in [-0.05, 0) is 84.9 Å². The van der Waals surface area contributed by atoms with Gasteiger partial charge in [0.2, 0.25) is 0 Å². The molecule has 0 spiro atoms. The highest BCUT2D eigenvalue weighted by atomic mass is 15.0. The van der Waals surface area contributed by atoms with Crippen LogP contribution >= 0.6 is 0 Å². The van der Waals surface area contributed by atoms with Gasteiger partial charge in [-0.25, -0.2) is 15.0 Å². The number of aromatic nitrogens is 7. The molecular weight excluding hydrogens is 999 g/mol. The monoisotopic (exact) mass is 1050 g/mol. The quantitative estimate of drug-likeness (QED) is 0.152. The average Bonchev–Trinajstić information content (AvgIpc) is 2.92. The van der Waals surface area contributed by atoms with Crippen LogP contribution in [0.2, 0.25) is 0 Å². The molecule has 0 aliphatic heterocycles. The highest BCUT2D eigenvalue weighted by Crippen LogP contribution is 2.44. The molecule has 0 fully saturated rings. The standard InChI is InChI=1S/C75H47N7/c1-3-21-48(22-4-1)73-76-74(49-23-5-2-6-24-49)78-75(77-73)50-39-42-60(72(45-50)82-69-38-20-13-31-59(69)62-47-52(41-44-71(62)82)80-65-34-16-9-27-55(65)56-28-10-17-35-66(56)80)57-29-11-18-36-67(57)81-68-37-19-12-30-58(68)61-46-51(40-43-70(61)81)79-63-32-14-7-25-53(63)54-26-8-15-33-64(54)79/h1-47H. The van der Waals surface area contributed by atoms with Gasteiger partial charge >= 0.3 is 0 Å². The Balaban J connectivity index is 0.919. The minimum absolute atomic E-state index is 0.588. The van der Waals surface area contributed by atoms with Crippen LogP contribution in [0, 0.1) is 0 Å². The Morgan fingerprint density at radius 2 is 0.512 bits per heavy atom. The minimum Gasteiger partial charge on any atom is -0.309 e. The molecule has 7 heteroatoms. The summed E-state index contributed by atoms with van der Waals surface area (Å²) in [5.41, 5.74) is 18.3. The van der Waals surface area contributed by atoms with E-state index < -0.39 is 0 Å². The highest BCUT2D eigenvalue weighted by Gasteiger charge is 2.24. The van der Waals surface area contributed by atoms with Gasteiger partial charge in [-0.15, -0.1) is 0 Å². The summed E-state index contributed by atoms with van der Waals surface area (Å²) in [6.45, 7) is 0. The minimum atomic E-state index is 0.588. The van der Waals surface area contributed by atoms with Crippen LogP contribution < -0.4 is 0 Å². The van der Waals surface area contributed by atoms with E-state index >= 15 is 0 Å². The van der Waals surface area contributed by atoms with Gasteiger partial charge in [0.15, 0.2) is 17.5 Å². The summed E-state index contributed by atoms with van der Waals surface area (Å²) < 4.78 is 9.73. The van der Waals surface area contributed by atoms with Gasteiger partial charge in [-0.1, -0.05) is 200 Å². The van der Waals surface area contributed by atoms with Crippen LogP contribution in [-0.4, -0.2) is 33.2 Å². The van der Waals surface area contributed by atoms with Crippen molar-refractivity contribution in [1.82, 2.24) is 33.2 Å². The van der Waals surface area contributed by atoms with Crippen LogP contribution in [0.5, 0.6) is 0 Å². The zero-order chi connectivity index (χ0) is 53.8. The summed E-state index contributed by atoms with van der Waals surface area (Å²) >= 11 is 0. The van der Waals surface area contributed by atoms with E-state index in [0.717, 1.165) is 83.4 Å². The van der Waals surface area contributed by atoms with Crippen LogP contribution in [0.25, 0.3) is 155 Å². The van der Waals surface area contributed by atoms with Crippen LogP contribution in [0.15, 0.2) is 285 Å². The first kappa shape index (κ1) is 45.8. The summed E-state index contributed by atoms with van der Waals surface area (Å²) in [5, 5.41) is 9.63. The van der Waals surface area contributed by atoms with Gasteiger partial charge in [0.25, 0.3) is 0 Å². The van der Waals surface area contributed by atoms with Crippen molar-refractivity contribution >= 4 is 87.2 Å². The van der Waals surface area contributed by atoms with Crippen LogP contribution in [0.3, 0.4) is 0 Å². The largest absolute Gasteiger partial charge is 0.309 e. The Morgan fingerprint density at radius 3 is 0.951 bits per heavy atom. The van der Waals surface area contributed by atoms with E-state index in [4.69, 9.17) is 15.0 Å². The van der Waals surface area contributed by atoms with E-state index in [1.54, 1.807) is 0 Å². The van der Waals surface area contributed by atoms with Gasteiger partial charge in [0, 0.05) is 82.3 Å². The van der Waals surface area contributed by atoms with Crippen molar-refractivity contribution in [3.8, 4) is 68.0 Å². The van der Waals surface area contributed by atoms with Crippen LogP contribution in [-0.2, 0) is 0 Å². The number of hydrogen-bond acceptors (Lipinski definition) is 3. The molecule has 17 rings (SSSR count). The lowest BCUT2D eigenvalue weighted by atomic mass is 9.98. The van der Waals surface area contributed by atoms with Crippen LogP contribution in [0.1, 0.15) is 0 Å². The Bertz CT molecular complexity index is 5250. The van der Waals surface area contributed by atoms with E-state index in [0.29, 0.717) is 17.5 Å². The topological polar surface area (TPSA) is 58.4 Å². The van der Waals surface area contributed by atoms with Gasteiger partial charge in [-0.3, -0.25) is 0 Å². The fraction of sp³-hybridized carbons (Fsp3) is 0. The molecule has 5 aromatic heterocycles. The zero-order valence-corrected chi connectivity index (χ0v) is 44.3. The summed E-state index contributed by atoms with van der Waals surface area (Å²) in [5.74, 6) is 1.81. The molecular formula is C75H47N7. The number of hydrogen-bond donors (Lipinski definition) is 0. The molecule has 7 nitrogen and oxygen atoms in total. The van der Waals surface area contributed by atoms with Gasteiger partial charge in [-0.2, -0.15) is 0 Å². The molecule has 0 radical (unpaired) electrons. The summed E-state index contributed by atoms with van der Waals surface area (Å²) in [4.78, 5) is 15.7. The molecule has 0 unspecified atom stereocenters. The molecule has 17 aromatic rings. The average molecular weight is 1050 g/mol. The first-order chi connectivity index (χ1) is 40.7. The highest BCUT2D eigenvalue weighted by molar-refractivity contribution is 6.15.